The van der Waals surface area contributed by atoms with Gasteiger partial charge in [-0.25, -0.2) is 0 Å². The fraction of sp³-hybridized carbons (Fsp3) is 0.444. The summed E-state index contributed by atoms with van der Waals surface area (Å²) in [7, 11) is 0. The Morgan fingerprint density at radius 2 is 2.46 bits per heavy atom. The molecule has 1 amide bonds. The molecule has 2 N–H and O–H groups in total. The van der Waals surface area contributed by atoms with E-state index in [1.165, 1.54) is 11.3 Å². The Bertz CT molecular complexity index is 296. The summed E-state index contributed by atoms with van der Waals surface area (Å²) in [4.78, 5) is 12.2. The van der Waals surface area contributed by atoms with Crippen molar-refractivity contribution in [2.45, 2.75) is 19.9 Å². The highest BCUT2D eigenvalue weighted by Gasteiger charge is 2.11. The molecule has 0 bridgehead atoms. The number of aliphatic hydroxyl groups is 1. The number of hydrogen-bond acceptors (Lipinski definition) is 3. The van der Waals surface area contributed by atoms with Crippen molar-refractivity contribution in [1.29, 1.82) is 0 Å². The number of rotatable bonds is 3. The minimum absolute atomic E-state index is 0.0316. The fourth-order valence-electron chi connectivity index (χ4n) is 0.940. The number of carbonyl (C=O) groups excluding carboxylic acids is 1. The van der Waals surface area contributed by atoms with Crippen LogP contribution in [0.15, 0.2) is 11.4 Å². The molecule has 1 aromatic heterocycles. The van der Waals surface area contributed by atoms with E-state index in [0.29, 0.717) is 0 Å². The molecule has 0 saturated heterocycles. The predicted molar refractivity (Wildman–Crippen MR) is 53.1 cm³/mol. The molecule has 0 radical (unpaired) electrons. The Balaban J connectivity index is 2.64. The molecule has 1 atom stereocenters. The third kappa shape index (κ3) is 2.54. The predicted octanol–water partition coefficient (Wildman–Crippen LogP) is 1.17. The van der Waals surface area contributed by atoms with E-state index < -0.39 is 0 Å². The van der Waals surface area contributed by atoms with E-state index >= 15 is 0 Å². The second kappa shape index (κ2) is 4.39. The maximum atomic E-state index is 11.5. The summed E-state index contributed by atoms with van der Waals surface area (Å²) >= 11 is 1.42. The zero-order valence-electron chi connectivity index (χ0n) is 7.70. The molecule has 0 spiro atoms. The molecule has 1 rings (SSSR count). The lowest BCUT2D eigenvalue weighted by atomic mass is 10.2. The average Bonchev–Trinajstić information content (AvgIpc) is 2.51. The Kier molecular flexibility index (Phi) is 3.45. The van der Waals surface area contributed by atoms with Gasteiger partial charge in [0.2, 0.25) is 0 Å². The molecule has 1 unspecified atom stereocenters. The highest BCUT2D eigenvalue weighted by Crippen LogP contribution is 2.14. The molecule has 13 heavy (non-hydrogen) atoms. The summed E-state index contributed by atoms with van der Waals surface area (Å²) in [6.07, 6.45) is 0. The van der Waals surface area contributed by atoms with Gasteiger partial charge in [0, 0.05) is 6.04 Å². The molecule has 1 aromatic rings. The van der Waals surface area contributed by atoms with Crippen molar-refractivity contribution in [3.05, 3.63) is 21.9 Å². The Hall–Kier alpha value is -0.870. The maximum Gasteiger partial charge on any atom is 0.261 e. The molecule has 0 aromatic carbocycles. The fourth-order valence-corrected chi connectivity index (χ4v) is 1.77. The van der Waals surface area contributed by atoms with Crippen LogP contribution in [-0.4, -0.2) is 23.7 Å². The van der Waals surface area contributed by atoms with E-state index in [2.05, 4.69) is 5.32 Å². The van der Waals surface area contributed by atoms with Crippen molar-refractivity contribution in [2.24, 2.45) is 0 Å². The number of aryl methyl sites for hydroxylation is 1. The molecule has 0 saturated carbocycles. The van der Waals surface area contributed by atoms with Crippen molar-refractivity contribution in [1.82, 2.24) is 5.32 Å². The molecule has 4 heteroatoms. The molecular formula is C9H13NO2S. The van der Waals surface area contributed by atoms with Gasteiger partial charge >= 0.3 is 0 Å². The van der Waals surface area contributed by atoms with Gasteiger partial charge in [0.05, 0.1) is 11.5 Å². The molecule has 0 fully saturated rings. The van der Waals surface area contributed by atoms with Gasteiger partial charge in [0.25, 0.3) is 5.91 Å². The third-order valence-corrected chi connectivity index (χ3v) is 2.73. The Morgan fingerprint density at radius 1 is 1.77 bits per heavy atom. The summed E-state index contributed by atoms with van der Waals surface area (Å²) < 4.78 is 0. The minimum atomic E-state index is -0.186. The average molecular weight is 199 g/mol. The first kappa shape index (κ1) is 10.2. The zero-order chi connectivity index (χ0) is 9.84. The second-order valence-corrected chi connectivity index (χ2v) is 3.91. The monoisotopic (exact) mass is 199 g/mol. The van der Waals surface area contributed by atoms with Crippen LogP contribution >= 0.6 is 11.3 Å². The lowest BCUT2D eigenvalue weighted by molar-refractivity contribution is 0.0926. The van der Waals surface area contributed by atoms with Crippen LogP contribution in [0.5, 0.6) is 0 Å². The lowest BCUT2D eigenvalue weighted by Gasteiger charge is -2.09. The minimum Gasteiger partial charge on any atom is -0.394 e. The van der Waals surface area contributed by atoms with Crippen LogP contribution in [-0.2, 0) is 0 Å². The van der Waals surface area contributed by atoms with E-state index in [4.69, 9.17) is 5.11 Å². The first-order chi connectivity index (χ1) is 6.15. The van der Waals surface area contributed by atoms with Gasteiger partial charge in [-0.1, -0.05) is 0 Å². The Morgan fingerprint density at radius 3 is 2.92 bits per heavy atom. The molecule has 0 aliphatic heterocycles. The van der Waals surface area contributed by atoms with Crippen LogP contribution < -0.4 is 5.32 Å². The van der Waals surface area contributed by atoms with Crippen molar-refractivity contribution in [2.75, 3.05) is 6.61 Å². The number of amides is 1. The quantitative estimate of drug-likeness (QED) is 0.767. The topological polar surface area (TPSA) is 49.3 Å². The van der Waals surface area contributed by atoms with Crippen LogP contribution in [0.3, 0.4) is 0 Å². The SMILES string of the molecule is Cc1ccsc1C(=O)NC(C)CO. The lowest BCUT2D eigenvalue weighted by Crippen LogP contribution is -2.34. The molecular weight excluding hydrogens is 186 g/mol. The van der Waals surface area contributed by atoms with Gasteiger partial charge in [-0.05, 0) is 30.9 Å². The summed E-state index contributed by atoms with van der Waals surface area (Å²) in [6.45, 7) is 3.63. The third-order valence-electron chi connectivity index (χ3n) is 1.72. The Labute approximate surface area is 81.4 Å². The standard InChI is InChI=1S/C9H13NO2S/c1-6-3-4-13-8(6)9(12)10-7(2)5-11/h3-4,7,11H,5H2,1-2H3,(H,10,12). The molecule has 72 valence electrons. The van der Waals surface area contributed by atoms with Crippen molar-refractivity contribution in [3.8, 4) is 0 Å². The van der Waals surface area contributed by atoms with E-state index in [1.807, 2.05) is 18.4 Å². The summed E-state index contributed by atoms with van der Waals surface area (Å²) in [5.74, 6) is -0.103. The van der Waals surface area contributed by atoms with Crippen molar-refractivity contribution >= 4 is 17.2 Å². The van der Waals surface area contributed by atoms with Crippen LogP contribution in [0.4, 0.5) is 0 Å². The highest BCUT2D eigenvalue weighted by atomic mass is 32.1. The largest absolute Gasteiger partial charge is 0.394 e. The van der Waals surface area contributed by atoms with Crippen LogP contribution in [0.25, 0.3) is 0 Å². The van der Waals surface area contributed by atoms with Gasteiger partial charge in [0.15, 0.2) is 0 Å². The van der Waals surface area contributed by atoms with E-state index in [-0.39, 0.29) is 18.6 Å². The van der Waals surface area contributed by atoms with E-state index in [0.717, 1.165) is 10.4 Å². The van der Waals surface area contributed by atoms with Crippen molar-refractivity contribution in [3.63, 3.8) is 0 Å². The normalized spacial score (nSPS) is 12.5. The smallest absolute Gasteiger partial charge is 0.261 e. The molecule has 1 heterocycles. The second-order valence-electron chi connectivity index (χ2n) is 2.99. The van der Waals surface area contributed by atoms with Gasteiger partial charge < -0.3 is 10.4 Å². The highest BCUT2D eigenvalue weighted by molar-refractivity contribution is 7.12. The van der Waals surface area contributed by atoms with Crippen LogP contribution in [0.2, 0.25) is 0 Å². The first-order valence-electron chi connectivity index (χ1n) is 4.11. The van der Waals surface area contributed by atoms with Crippen molar-refractivity contribution < 1.29 is 9.90 Å². The van der Waals surface area contributed by atoms with E-state index in [9.17, 15) is 4.79 Å². The van der Waals surface area contributed by atoms with Crippen LogP contribution in [0, 0.1) is 6.92 Å². The molecule has 0 aliphatic carbocycles. The molecule has 3 nitrogen and oxygen atoms in total. The number of nitrogens with one attached hydrogen (secondary N) is 1. The number of aliphatic hydroxyl groups excluding tert-OH is 1. The van der Waals surface area contributed by atoms with Gasteiger partial charge in [-0.2, -0.15) is 0 Å². The molecule has 0 aliphatic rings. The number of carbonyl (C=O) groups is 1. The van der Waals surface area contributed by atoms with Gasteiger partial charge in [-0.15, -0.1) is 11.3 Å². The number of thiophene rings is 1. The summed E-state index contributed by atoms with van der Waals surface area (Å²) in [5, 5.41) is 13.3. The van der Waals surface area contributed by atoms with Crippen LogP contribution in [0.1, 0.15) is 22.2 Å². The summed E-state index contributed by atoms with van der Waals surface area (Å²) in [6, 6.07) is 1.72. The van der Waals surface area contributed by atoms with Gasteiger partial charge in [-0.3, -0.25) is 4.79 Å². The van der Waals surface area contributed by atoms with Gasteiger partial charge in [0.1, 0.15) is 0 Å². The van der Waals surface area contributed by atoms with E-state index in [1.54, 1.807) is 6.92 Å². The zero-order valence-corrected chi connectivity index (χ0v) is 8.52. The maximum absolute atomic E-state index is 11.5. The number of hydrogen-bond donors (Lipinski definition) is 2. The first-order valence-corrected chi connectivity index (χ1v) is 4.99. The summed E-state index contributed by atoms with van der Waals surface area (Å²) in [5.41, 5.74) is 0.979.